The van der Waals surface area contributed by atoms with E-state index in [1.165, 1.54) is 23.3 Å². The van der Waals surface area contributed by atoms with E-state index in [1.807, 2.05) is 18.2 Å². The molecule has 2 aromatic carbocycles. The van der Waals surface area contributed by atoms with Gasteiger partial charge >= 0.3 is 0 Å². The molecule has 3 rings (SSSR count). The number of hydrogen-bond donors (Lipinski definition) is 2. The number of hydrogen-bond acceptors (Lipinski definition) is 3. The molecule has 4 nitrogen and oxygen atoms in total. The third-order valence-corrected chi connectivity index (χ3v) is 6.76. The van der Waals surface area contributed by atoms with E-state index < -0.39 is 16.7 Å². The molecule has 0 fully saturated rings. The molecule has 0 saturated heterocycles. The van der Waals surface area contributed by atoms with Gasteiger partial charge in [0, 0.05) is 17.6 Å². The molecule has 2 N–H and O–H groups in total. The predicted octanol–water partition coefficient (Wildman–Crippen LogP) is 4.42. The van der Waals surface area contributed by atoms with Gasteiger partial charge in [-0.05, 0) is 73.2 Å². The summed E-state index contributed by atoms with van der Waals surface area (Å²) in [6, 6.07) is 12.7. The van der Waals surface area contributed by atoms with Crippen molar-refractivity contribution in [2.24, 2.45) is 0 Å². The third-order valence-electron chi connectivity index (χ3n) is 5.36. The minimum atomic E-state index is -3.67. The SMILES string of the molecule is CCCN[C@H]1CCc2cc(NS(=O)(=O)c3ccc([C@@H](C)CF)cc3)ccc2C1. The monoisotopic (exact) mass is 404 g/mol. The molecule has 1 aliphatic carbocycles. The summed E-state index contributed by atoms with van der Waals surface area (Å²) >= 11 is 0. The Morgan fingerprint density at radius 2 is 1.89 bits per heavy atom. The maximum absolute atomic E-state index is 12.8. The zero-order chi connectivity index (χ0) is 20.1. The van der Waals surface area contributed by atoms with Gasteiger partial charge in [0.1, 0.15) is 0 Å². The Bertz CT molecular complexity index is 897. The fourth-order valence-corrected chi connectivity index (χ4v) is 4.67. The van der Waals surface area contributed by atoms with Gasteiger partial charge in [0.25, 0.3) is 10.0 Å². The Morgan fingerprint density at radius 3 is 2.57 bits per heavy atom. The lowest BCUT2D eigenvalue weighted by Crippen LogP contribution is -2.35. The average molecular weight is 405 g/mol. The van der Waals surface area contributed by atoms with E-state index in [2.05, 4.69) is 17.0 Å². The Labute approximate surface area is 167 Å². The van der Waals surface area contributed by atoms with Gasteiger partial charge in [-0.25, -0.2) is 8.42 Å². The van der Waals surface area contributed by atoms with Crippen molar-refractivity contribution in [2.45, 2.75) is 56.4 Å². The second-order valence-corrected chi connectivity index (χ2v) is 9.29. The molecule has 0 spiro atoms. The molecular weight excluding hydrogens is 375 g/mol. The van der Waals surface area contributed by atoms with Crippen molar-refractivity contribution in [1.29, 1.82) is 0 Å². The molecule has 6 heteroatoms. The van der Waals surface area contributed by atoms with E-state index in [1.54, 1.807) is 19.1 Å². The van der Waals surface area contributed by atoms with Gasteiger partial charge in [0.2, 0.25) is 0 Å². The second kappa shape index (κ2) is 9.05. The molecule has 0 saturated carbocycles. The minimum absolute atomic E-state index is 0.184. The quantitative estimate of drug-likeness (QED) is 0.685. The van der Waals surface area contributed by atoms with Gasteiger partial charge in [0.15, 0.2) is 0 Å². The largest absolute Gasteiger partial charge is 0.314 e. The van der Waals surface area contributed by atoms with Crippen molar-refractivity contribution in [3.8, 4) is 0 Å². The van der Waals surface area contributed by atoms with E-state index in [4.69, 9.17) is 0 Å². The number of rotatable bonds is 8. The summed E-state index contributed by atoms with van der Waals surface area (Å²) in [7, 11) is -3.67. The normalized spacial score (nSPS) is 17.8. The Morgan fingerprint density at radius 1 is 1.14 bits per heavy atom. The van der Waals surface area contributed by atoms with Crippen molar-refractivity contribution in [2.75, 3.05) is 17.9 Å². The van der Waals surface area contributed by atoms with E-state index >= 15 is 0 Å². The average Bonchev–Trinajstić information content (AvgIpc) is 2.71. The first kappa shape index (κ1) is 20.8. The first-order valence-electron chi connectivity index (χ1n) is 9.97. The van der Waals surface area contributed by atoms with Gasteiger partial charge in [0.05, 0.1) is 11.6 Å². The van der Waals surface area contributed by atoms with Crippen LogP contribution in [0, 0.1) is 0 Å². The molecule has 1 aliphatic rings. The summed E-state index contributed by atoms with van der Waals surface area (Å²) in [6.45, 7) is 4.50. The van der Waals surface area contributed by atoms with Gasteiger partial charge < -0.3 is 5.32 Å². The fraction of sp³-hybridized carbons (Fsp3) is 0.455. The summed E-state index contributed by atoms with van der Waals surface area (Å²) in [5, 5.41) is 3.57. The van der Waals surface area contributed by atoms with Crippen LogP contribution in [0.15, 0.2) is 47.4 Å². The van der Waals surface area contributed by atoms with Gasteiger partial charge in [-0.15, -0.1) is 0 Å². The standard InChI is InChI=1S/C22H29FN2O2S/c1-3-12-24-20-8-4-19-14-21(9-5-18(19)13-20)25-28(26,27)22-10-6-17(7-11-22)16(2)15-23/h5-7,9-11,14,16,20,24-25H,3-4,8,12-13,15H2,1-2H3/t16-,20-/m0/s1. The molecule has 0 bridgehead atoms. The second-order valence-electron chi connectivity index (χ2n) is 7.61. The zero-order valence-electron chi connectivity index (χ0n) is 16.5. The number of benzene rings is 2. The van der Waals surface area contributed by atoms with Gasteiger partial charge in [-0.2, -0.15) is 0 Å². The fourth-order valence-electron chi connectivity index (χ4n) is 3.62. The zero-order valence-corrected chi connectivity index (χ0v) is 17.4. The van der Waals surface area contributed by atoms with Crippen molar-refractivity contribution >= 4 is 15.7 Å². The molecule has 0 heterocycles. The van der Waals surface area contributed by atoms with Crippen molar-refractivity contribution in [3.05, 3.63) is 59.2 Å². The van der Waals surface area contributed by atoms with Crippen molar-refractivity contribution in [1.82, 2.24) is 5.32 Å². The van der Waals surface area contributed by atoms with Crippen LogP contribution in [0.5, 0.6) is 0 Å². The highest BCUT2D eigenvalue weighted by Gasteiger charge is 2.20. The number of sulfonamides is 1. The van der Waals surface area contributed by atoms with E-state index in [9.17, 15) is 12.8 Å². The highest BCUT2D eigenvalue weighted by molar-refractivity contribution is 7.92. The summed E-state index contributed by atoms with van der Waals surface area (Å²) in [4.78, 5) is 0.184. The van der Waals surface area contributed by atoms with Gasteiger partial charge in [-0.1, -0.05) is 32.0 Å². The van der Waals surface area contributed by atoms with Crippen LogP contribution in [0.2, 0.25) is 0 Å². The van der Waals surface area contributed by atoms with Gasteiger partial charge in [-0.3, -0.25) is 9.11 Å². The number of alkyl halides is 1. The Balaban J connectivity index is 1.71. The molecule has 0 aromatic heterocycles. The van der Waals surface area contributed by atoms with E-state index in [0.29, 0.717) is 11.7 Å². The number of nitrogens with one attached hydrogen (secondary N) is 2. The van der Waals surface area contributed by atoms with Crippen LogP contribution in [-0.4, -0.2) is 27.7 Å². The van der Waals surface area contributed by atoms with Crippen LogP contribution in [-0.2, 0) is 22.9 Å². The number of halogens is 1. The first-order valence-corrected chi connectivity index (χ1v) is 11.4. The molecule has 152 valence electrons. The molecule has 0 aliphatic heterocycles. The van der Waals surface area contributed by atoms with Crippen LogP contribution in [0.4, 0.5) is 10.1 Å². The molecule has 0 amide bonds. The Hall–Kier alpha value is -1.92. The maximum atomic E-state index is 12.8. The summed E-state index contributed by atoms with van der Waals surface area (Å²) in [5.74, 6) is -0.235. The highest BCUT2D eigenvalue weighted by Crippen LogP contribution is 2.26. The molecule has 2 atom stereocenters. The van der Waals surface area contributed by atoms with Crippen LogP contribution in [0.3, 0.4) is 0 Å². The van der Waals surface area contributed by atoms with E-state index in [-0.39, 0.29) is 10.8 Å². The summed E-state index contributed by atoms with van der Waals surface area (Å²) in [5.41, 5.74) is 3.87. The lowest BCUT2D eigenvalue weighted by molar-refractivity contribution is 0.447. The van der Waals surface area contributed by atoms with Crippen molar-refractivity contribution in [3.63, 3.8) is 0 Å². The maximum Gasteiger partial charge on any atom is 0.261 e. The molecule has 0 radical (unpaired) electrons. The number of fused-ring (bicyclic) bond motifs is 1. The highest BCUT2D eigenvalue weighted by atomic mass is 32.2. The van der Waals surface area contributed by atoms with Crippen LogP contribution >= 0.6 is 0 Å². The minimum Gasteiger partial charge on any atom is -0.314 e. The lowest BCUT2D eigenvalue weighted by Gasteiger charge is -2.26. The van der Waals surface area contributed by atoms with Crippen LogP contribution in [0.1, 0.15) is 49.3 Å². The smallest absolute Gasteiger partial charge is 0.261 e. The predicted molar refractivity (Wildman–Crippen MR) is 112 cm³/mol. The molecular formula is C22H29FN2O2S. The first-order chi connectivity index (χ1) is 13.4. The Kier molecular flexibility index (Phi) is 6.73. The number of anilines is 1. The van der Waals surface area contributed by atoms with Crippen LogP contribution in [0.25, 0.3) is 0 Å². The van der Waals surface area contributed by atoms with E-state index in [0.717, 1.165) is 37.8 Å². The molecule has 2 aromatic rings. The number of aryl methyl sites for hydroxylation is 1. The van der Waals surface area contributed by atoms with Crippen LogP contribution < -0.4 is 10.0 Å². The summed E-state index contributed by atoms with van der Waals surface area (Å²) in [6.07, 6.45) is 4.12. The topological polar surface area (TPSA) is 58.2 Å². The van der Waals surface area contributed by atoms with Crippen molar-refractivity contribution < 1.29 is 12.8 Å². The molecule has 0 unspecified atom stereocenters. The lowest BCUT2D eigenvalue weighted by atomic mass is 9.88. The summed E-state index contributed by atoms with van der Waals surface area (Å²) < 4.78 is 40.8. The molecule has 28 heavy (non-hydrogen) atoms. The third kappa shape index (κ3) is 4.92.